The van der Waals surface area contributed by atoms with Gasteiger partial charge >= 0.3 is 6.03 Å². The number of alkyl halides is 2. The summed E-state index contributed by atoms with van der Waals surface area (Å²) in [5.41, 5.74) is -0.422. The molecular formula is C13H20F2N4O2S. The van der Waals surface area contributed by atoms with E-state index in [0.29, 0.717) is 13.2 Å². The number of aromatic nitrogens is 2. The summed E-state index contributed by atoms with van der Waals surface area (Å²) in [6.45, 7) is 0.747. The highest BCUT2D eigenvalue weighted by molar-refractivity contribution is 7.99. The lowest BCUT2D eigenvalue weighted by Gasteiger charge is -2.21. The molecule has 1 fully saturated rings. The van der Waals surface area contributed by atoms with Crippen molar-refractivity contribution in [1.29, 1.82) is 0 Å². The molecule has 1 aromatic rings. The Morgan fingerprint density at radius 1 is 1.55 bits per heavy atom. The van der Waals surface area contributed by atoms with E-state index in [1.807, 2.05) is 11.8 Å². The number of amides is 2. The van der Waals surface area contributed by atoms with Gasteiger partial charge < -0.3 is 15.4 Å². The average molecular weight is 334 g/mol. The van der Waals surface area contributed by atoms with Crippen LogP contribution in [0.5, 0.6) is 0 Å². The molecule has 1 aliphatic rings. The van der Waals surface area contributed by atoms with Crippen LogP contribution < -0.4 is 10.6 Å². The summed E-state index contributed by atoms with van der Waals surface area (Å²) in [6, 6.07) is -0.544. The van der Waals surface area contributed by atoms with Gasteiger partial charge in [-0.1, -0.05) is 0 Å². The fraction of sp³-hybridized carbons (Fsp3) is 0.692. The fourth-order valence-corrected chi connectivity index (χ4v) is 3.23. The van der Waals surface area contributed by atoms with Crippen molar-refractivity contribution in [3.63, 3.8) is 0 Å². The Kier molecular flexibility index (Phi) is 6.44. The van der Waals surface area contributed by atoms with Gasteiger partial charge in [0.05, 0.1) is 18.4 Å². The first-order valence-electron chi connectivity index (χ1n) is 7.12. The van der Waals surface area contributed by atoms with E-state index >= 15 is 0 Å². The van der Waals surface area contributed by atoms with Crippen LogP contribution in [-0.2, 0) is 11.8 Å². The molecule has 2 heterocycles. The van der Waals surface area contributed by atoms with E-state index in [0.717, 1.165) is 24.3 Å². The minimum atomic E-state index is -2.73. The van der Waals surface area contributed by atoms with Crippen molar-refractivity contribution in [2.45, 2.75) is 25.4 Å². The van der Waals surface area contributed by atoms with Crippen LogP contribution in [0.1, 0.15) is 25.0 Å². The van der Waals surface area contributed by atoms with Gasteiger partial charge in [0.15, 0.2) is 5.69 Å². The zero-order valence-electron chi connectivity index (χ0n) is 12.3. The maximum atomic E-state index is 12.7. The Morgan fingerprint density at radius 3 is 2.95 bits per heavy atom. The van der Waals surface area contributed by atoms with Crippen LogP contribution in [0.2, 0.25) is 0 Å². The van der Waals surface area contributed by atoms with E-state index < -0.39 is 18.2 Å². The number of thioether (sulfide) groups is 1. The number of anilines is 1. The lowest BCUT2D eigenvalue weighted by atomic mass is 10.2. The maximum Gasteiger partial charge on any atom is 0.319 e. The van der Waals surface area contributed by atoms with Crippen molar-refractivity contribution in [3.05, 3.63) is 11.9 Å². The summed E-state index contributed by atoms with van der Waals surface area (Å²) >= 11 is 1.92. The molecule has 124 valence electrons. The molecule has 2 rings (SSSR count). The maximum absolute atomic E-state index is 12.7. The van der Waals surface area contributed by atoms with Gasteiger partial charge in [-0.3, -0.25) is 4.68 Å². The Morgan fingerprint density at radius 2 is 2.27 bits per heavy atom. The van der Waals surface area contributed by atoms with Crippen molar-refractivity contribution in [1.82, 2.24) is 15.1 Å². The zero-order valence-corrected chi connectivity index (χ0v) is 13.2. The van der Waals surface area contributed by atoms with Gasteiger partial charge in [0, 0.05) is 19.8 Å². The van der Waals surface area contributed by atoms with Crippen LogP contribution in [0.4, 0.5) is 19.3 Å². The minimum Gasteiger partial charge on any atom is -0.376 e. The van der Waals surface area contributed by atoms with Crippen molar-refractivity contribution >= 4 is 23.5 Å². The van der Waals surface area contributed by atoms with Crippen molar-refractivity contribution in [2.24, 2.45) is 7.05 Å². The second-order valence-corrected chi connectivity index (χ2v) is 6.19. The summed E-state index contributed by atoms with van der Waals surface area (Å²) in [4.78, 5) is 11.7. The first-order chi connectivity index (χ1) is 10.6. The van der Waals surface area contributed by atoms with Gasteiger partial charge in [0.2, 0.25) is 0 Å². The second kappa shape index (κ2) is 8.33. The Balaban J connectivity index is 1.69. The number of aryl methyl sites for hydroxylation is 1. The van der Waals surface area contributed by atoms with Crippen LogP contribution in [0, 0.1) is 0 Å². The Hall–Kier alpha value is -1.35. The average Bonchev–Trinajstić information content (AvgIpc) is 2.85. The predicted octanol–water partition coefficient (Wildman–Crippen LogP) is 2.39. The van der Waals surface area contributed by atoms with Crippen LogP contribution in [0.3, 0.4) is 0 Å². The number of carbonyl (C=O) groups is 1. The van der Waals surface area contributed by atoms with Crippen molar-refractivity contribution in [3.8, 4) is 0 Å². The first kappa shape index (κ1) is 17.0. The fourth-order valence-electron chi connectivity index (χ4n) is 2.16. The van der Waals surface area contributed by atoms with Crippen LogP contribution in [0.25, 0.3) is 0 Å². The molecule has 0 aromatic carbocycles. The molecule has 0 atom stereocenters. The number of urea groups is 1. The van der Waals surface area contributed by atoms with Gasteiger partial charge in [-0.05, 0) is 24.3 Å². The monoisotopic (exact) mass is 334 g/mol. The molecule has 0 aliphatic carbocycles. The number of nitrogens with one attached hydrogen (secondary N) is 2. The quantitative estimate of drug-likeness (QED) is 0.784. The molecule has 1 saturated heterocycles. The van der Waals surface area contributed by atoms with E-state index in [9.17, 15) is 13.6 Å². The third-order valence-electron chi connectivity index (χ3n) is 3.22. The molecule has 0 unspecified atom stereocenters. The van der Waals surface area contributed by atoms with Crippen LogP contribution in [0.15, 0.2) is 6.20 Å². The van der Waals surface area contributed by atoms with Gasteiger partial charge in [-0.2, -0.15) is 16.9 Å². The smallest absolute Gasteiger partial charge is 0.319 e. The lowest BCUT2D eigenvalue weighted by molar-refractivity contribution is 0.0511. The normalized spacial score (nSPS) is 16.0. The van der Waals surface area contributed by atoms with E-state index in [-0.39, 0.29) is 11.8 Å². The largest absolute Gasteiger partial charge is 0.376 e. The van der Waals surface area contributed by atoms with Gasteiger partial charge in [0.1, 0.15) is 0 Å². The van der Waals surface area contributed by atoms with Crippen LogP contribution in [-0.4, -0.2) is 46.6 Å². The number of rotatable bonds is 6. The van der Waals surface area contributed by atoms with E-state index in [1.165, 1.54) is 17.9 Å². The second-order valence-electron chi connectivity index (χ2n) is 4.97. The Bertz CT molecular complexity index is 492. The van der Waals surface area contributed by atoms with Crippen molar-refractivity contribution < 1.29 is 18.3 Å². The highest BCUT2D eigenvalue weighted by atomic mass is 32.2. The summed E-state index contributed by atoms with van der Waals surface area (Å²) in [5, 5.41) is 8.58. The zero-order chi connectivity index (χ0) is 15.9. The summed E-state index contributed by atoms with van der Waals surface area (Å²) in [5.74, 6) is 2.21. The number of ether oxygens (including phenoxy) is 1. The van der Waals surface area contributed by atoms with Crippen molar-refractivity contribution in [2.75, 3.05) is 30.0 Å². The molecule has 22 heavy (non-hydrogen) atoms. The van der Waals surface area contributed by atoms with Gasteiger partial charge in [-0.15, -0.1) is 0 Å². The van der Waals surface area contributed by atoms with E-state index in [2.05, 4.69) is 15.7 Å². The molecule has 2 amide bonds. The van der Waals surface area contributed by atoms with E-state index in [4.69, 9.17) is 4.74 Å². The van der Waals surface area contributed by atoms with Gasteiger partial charge in [-0.25, -0.2) is 13.6 Å². The van der Waals surface area contributed by atoms with E-state index in [1.54, 1.807) is 0 Å². The molecular weight excluding hydrogens is 314 g/mol. The number of halogens is 2. The summed E-state index contributed by atoms with van der Waals surface area (Å²) < 4.78 is 32.4. The molecule has 2 N–H and O–H groups in total. The molecule has 0 spiro atoms. The highest BCUT2D eigenvalue weighted by Gasteiger charge is 2.19. The lowest BCUT2D eigenvalue weighted by Crippen LogP contribution is -2.33. The molecule has 0 saturated carbocycles. The first-order valence-corrected chi connectivity index (χ1v) is 8.27. The molecule has 9 heteroatoms. The van der Waals surface area contributed by atoms with Gasteiger partial charge in [0.25, 0.3) is 6.43 Å². The SMILES string of the molecule is Cn1cc(NC(=O)NCCOC2CCSCC2)c(C(F)F)n1. The minimum absolute atomic E-state index is 0.0141. The molecule has 0 bridgehead atoms. The predicted molar refractivity (Wildman–Crippen MR) is 81.5 cm³/mol. The Labute approximate surface area is 132 Å². The van der Waals surface area contributed by atoms with Crippen LogP contribution >= 0.6 is 11.8 Å². The highest BCUT2D eigenvalue weighted by Crippen LogP contribution is 2.24. The molecule has 0 radical (unpaired) electrons. The number of hydrogen-bond acceptors (Lipinski definition) is 4. The molecule has 6 nitrogen and oxygen atoms in total. The number of nitrogens with zero attached hydrogens (tertiary/aromatic N) is 2. The summed E-state index contributed by atoms with van der Waals surface area (Å²) in [7, 11) is 1.52. The molecule has 1 aromatic heterocycles. The third kappa shape index (κ3) is 5.13. The standard InChI is InChI=1S/C13H20F2N4O2S/c1-19-8-10(11(18-19)12(14)15)17-13(20)16-4-5-21-9-2-6-22-7-3-9/h8-9,12H,2-7H2,1H3,(H2,16,17,20). The number of hydrogen-bond donors (Lipinski definition) is 2. The number of carbonyl (C=O) groups excluding carboxylic acids is 1. The third-order valence-corrected chi connectivity index (χ3v) is 4.27. The molecule has 1 aliphatic heterocycles. The topological polar surface area (TPSA) is 68.2 Å². The summed E-state index contributed by atoms with van der Waals surface area (Å²) in [6.07, 6.45) is 0.935.